The van der Waals surface area contributed by atoms with Gasteiger partial charge < -0.3 is 10.6 Å². The lowest BCUT2D eigenvalue weighted by Crippen LogP contribution is -2.46. The highest BCUT2D eigenvalue weighted by Crippen LogP contribution is 2.06. The van der Waals surface area contributed by atoms with Crippen LogP contribution in [-0.2, 0) is 11.2 Å². The van der Waals surface area contributed by atoms with Gasteiger partial charge in [-0.05, 0) is 44.9 Å². The number of hydrogen-bond acceptors (Lipinski definition) is 2. The third-order valence-electron chi connectivity index (χ3n) is 2.71. The van der Waals surface area contributed by atoms with E-state index < -0.39 is 0 Å². The van der Waals surface area contributed by atoms with Crippen molar-refractivity contribution in [2.24, 2.45) is 0 Å². The third kappa shape index (κ3) is 4.84. The number of halogens is 1. The molecular weight excluding hydrogens is 231 g/mol. The van der Waals surface area contributed by atoms with Crippen LogP contribution < -0.4 is 10.6 Å². The number of hydrogen-bond donors (Lipinski definition) is 2. The van der Waals surface area contributed by atoms with Crippen LogP contribution in [0.15, 0.2) is 24.3 Å². The minimum absolute atomic E-state index is 0.0106. The molecule has 0 radical (unpaired) electrons. The fraction of sp³-hybridized carbons (Fsp3) is 0.500. The Morgan fingerprint density at radius 2 is 2.11 bits per heavy atom. The Bertz CT molecular complexity index is 395. The van der Waals surface area contributed by atoms with Crippen molar-refractivity contribution >= 4 is 5.91 Å². The van der Waals surface area contributed by atoms with Gasteiger partial charge in [-0.1, -0.05) is 12.1 Å². The molecule has 0 saturated carbocycles. The lowest BCUT2D eigenvalue weighted by molar-refractivity contribution is -0.122. The summed E-state index contributed by atoms with van der Waals surface area (Å²) in [5, 5.41) is 5.96. The number of rotatable bonds is 6. The molecule has 0 aliphatic carbocycles. The maximum Gasteiger partial charge on any atom is 0.236 e. The molecule has 0 bridgehead atoms. The predicted molar refractivity (Wildman–Crippen MR) is 70.8 cm³/mol. The number of benzene rings is 1. The van der Waals surface area contributed by atoms with Gasteiger partial charge in [-0.15, -0.1) is 0 Å². The zero-order valence-electron chi connectivity index (χ0n) is 11.2. The normalized spacial score (nSPS) is 14.0. The number of carbonyl (C=O) groups is 1. The maximum atomic E-state index is 13.0. The highest BCUT2D eigenvalue weighted by atomic mass is 19.1. The smallest absolute Gasteiger partial charge is 0.236 e. The number of nitrogens with one attached hydrogen (secondary N) is 2. The van der Waals surface area contributed by atoms with Gasteiger partial charge in [0.15, 0.2) is 0 Å². The van der Waals surface area contributed by atoms with Gasteiger partial charge in [0.1, 0.15) is 5.82 Å². The average Bonchev–Trinajstić information content (AvgIpc) is 2.28. The molecule has 2 unspecified atom stereocenters. The third-order valence-corrected chi connectivity index (χ3v) is 2.71. The summed E-state index contributed by atoms with van der Waals surface area (Å²) >= 11 is 0. The van der Waals surface area contributed by atoms with Crippen molar-refractivity contribution in [3.05, 3.63) is 35.6 Å². The van der Waals surface area contributed by atoms with Crippen LogP contribution in [0, 0.1) is 5.82 Å². The first-order valence-electron chi connectivity index (χ1n) is 6.31. The van der Waals surface area contributed by atoms with E-state index in [2.05, 4.69) is 10.6 Å². The van der Waals surface area contributed by atoms with Gasteiger partial charge >= 0.3 is 0 Å². The second kappa shape index (κ2) is 7.11. The molecule has 0 aliphatic rings. The molecule has 3 nitrogen and oxygen atoms in total. The molecule has 0 fully saturated rings. The highest BCUT2D eigenvalue weighted by Gasteiger charge is 2.14. The SMILES string of the molecule is CCNC(=O)C(C)NC(C)Cc1cccc(F)c1. The summed E-state index contributed by atoms with van der Waals surface area (Å²) in [4.78, 5) is 11.6. The van der Waals surface area contributed by atoms with Gasteiger partial charge in [0.25, 0.3) is 0 Å². The van der Waals surface area contributed by atoms with E-state index in [1.807, 2.05) is 26.8 Å². The fourth-order valence-electron chi connectivity index (χ4n) is 1.91. The van der Waals surface area contributed by atoms with Gasteiger partial charge in [0.2, 0.25) is 5.91 Å². The summed E-state index contributed by atoms with van der Waals surface area (Å²) in [7, 11) is 0. The summed E-state index contributed by atoms with van der Waals surface area (Å²) < 4.78 is 13.0. The molecule has 0 spiro atoms. The van der Waals surface area contributed by atoms with E-state index in [-0.39, 0.29) is 23.8 Å². The molecular formula is C14H21FN2O. The molecule has 4 heteroatoms. The minimum atomic E-state index is -0.242. The predicted octanol–water partition coefficient (Wildman–Crippen LogP) is 1.87. The summed E-state index contributed by atoms with van der Waals surface area (Å²) in [6, 6.07) is 6.41. The van der Waals surface area contributed by atoms with E-state index in [1.165, 1.54) is 12.1 Å². The van der Waals surface area contributed by atoms with Gasteiger partial charge in [-0.2, -0.15) is 0 Å². The monoisotopic (exact) mass is 252 g/mol. The van der Waals surface area contributed by atoms with Crippen LogP contribution in [0.1, 0.15) is 26.3 Å². The second-order valence-electron chi connectivity index (χ2n) is 4.52. The van der Waals surface area contributed by atoms with Crippen molar-refractivity contribution < 1.29 is 9.18 Å². The maximum absolute atomic E-state index is 13.0. The van der Waals surface area contributed by atoms with Crippen LogP contribution in [0.25, 0.3) is 0 Å². The second-order valence-corrected chi connectivity index (χ2v) is 4.52. The molecule has 1 aromatic carbocycles. The van der Waals surface area contributed by atoms with E-state index in [9.17, 15) is 9.18 Å². The summed E-state index contributed by atoms with van der Waals surface area (Å²) in [6.45, 7) is 6.33. The van der Waals surface area contributed by atoms with Crippen LogP contribution in [0.4, 0.5) is 4.39 Å². The molecule has 2 atom stereocenters. The van der Waals surface area contributed by atoms with Gasteiger partial charge in [-0.3, -0.25) is 4.79 Å². The average molecular weight is 252 g/mol. The van der Waals surface area contributed by atoms with Crippen molar-refractivity contribution in [2.45, 2.75) is 39.3 Å². The van der Waals surface area contributed by atoms with Crippen molar-refractivity contribution in [3.63, 3.8) is 0 Å². The highest BCUT2D eigenvalue weighted by molar-refractivity contribution is 5.81. The first kappa shape index (κ1) is 14.6. The Morgan fingerprint density at radius 3 is 2.72 bits per heavy atom. The largest absolute Gasteiger partial charge is 0.355 e. The van der Waals surface area contributed by atoms with Gasteiger partial charge in [0, 0.05) is 12.6 Å². The molecule has 0 heterocycles. The Balaban J connectivity index is 2.46. The van der Waals surface area contributed by atoms with Crippen LogP contribution in [-0.4, -0.2) is 24.5 Å². The number of amides is 1. The number of likely N-dealkylation sites (N-methyl/N-ethyl adjacent to an activating group) is 1. The van der Waals surface area contributed by atoms with E-state index in [1.54, 1.807) is 6.07 Å². The van der Waals surface area contributed by atoms with Gasteiger partial charge in [-0.25, -0.2) is 4.39 Å². The van der Waals surface area contributed by atoms with E-state index in [4.69, 9.17) is 0 Å². The topological polar surface area (TPSA) is 41.1 Å². The van der Waals surface area contributed by atoms with Crippen molar-refractivity contribution in [1.82, 2.24) is 10.6 Å². The molecule has 0 aliphatic heterocycles. The standard InChI is InChI=1S/C14H21FN2O/c1-4-16-14(18)11(3)17-10(2)8-12-6-5-7-13(15)9-12/h5-7,9-11,17H,4,8H2,1-3H3,(H,16,18). The molecule has 100 valence electrons. The zero-order chi connectivity index (χ0) is 13.5. The zero-order valence-corrected chi connectivity index (χ0v) is 11.2. The molecule has 18 heavy (non-hydrogen) atoms. The first-order chi connectivity index (χ1) is 8.52. The fourth-order valence-corrected chi connectivity index (χ4v) is 1.91. The Kier molecular flexibility index (Phi) is 5.78. The molecule has 0 aromatic heterocycles. The molecule has 1 aromatic rings. The quantitative estimate of drug-likeness (QED) is 0.811. The van der Waals surface area contributed by atoms with E-state index in [0.29, 0.717) is 13.0 Å². The van der Waals surface area contributed by atoms with Crippen LogP contribution in [0.5, 0.6) is 0 Å². The van der Waals surface area contributed by atoms with Crippen LogP contribution in [0.3, 0.4) is 0 Å². The first-order valence-corrected chi connectivity index (χ1v) is 6.31. The van der Waals surface area contributed by atoms with Crippen LogP contribution >= 0.6 is 0 Å². The van der Waals surface area contributed by atoms with Crippen molar-refractivity contribution in [1.29, 1.82) is 0 Å². The van der Waals surface area contributed by atoms with E-state index in [0.717, 1.165) is 5.56 Å². The molecule has 1 rings (SSSR count). The number of carbonyl (C=O) groups excluding carboxylic acids is 1. The van der Waals surface area contributed by atoms with Crippen molar-refractivity contribution in [2.75, 3.05) is 6.54 Å². The van der Waals surface area contributed by atoms with Gasteiger partial charge in [0.05, 0.1) is 6.04 Å². The lowest BCUT2D eigenvalue weighted by atomic mass is 10.1. The molecule has 1 amide bonds. The Hall–Kier alpha value is -1.42. The minimum Gasteiger partial charge on any atom is -0.355 e. The summed E-state index contributed by atoms with van der Waals surface area (Å²) in [6.07, 6.45) is 0.696. The molecule has 0 saturated heterocycles. The Morgan fingerprint density at radius 1 is 1.39 bits per heavy atom. The summed E-state index contributed by atoms with van der Waals surface area (Å²) in [5.74, 6) is -0.236. The van der Waals surface area contributed by atoms with Crippen LogP contribution in [0.2, 0.25) is 0 Å². The molecule has 2 N–H and O–H groups in total. The lowest BCUT2D eigenvalue weighted by Gasteiger charge is -2.19. The summed E-state index contributed by atoms with van der Waals surface area (Å²) in [5.41, 5.74) is 0.929. The Labute approximate surface area is 108 Å². The van der Waals surface area contributed by atoms with Crippen molar-refractivity contribution in [3.8, 4) is 0 Å². The van der Waals surface area contributed by atoms with E-state index >= 15 is 0 Å².